The summed E-state index contributed by atoms with van der Waals surface area (Å²) < 4.78 is 40.3. The van der Waals surface area contributed by atoms with Crippen molar-refractivity contribution in [2.75, 3.05) is 32.7 Å². The number of aryl methyl sites for hydroxylation is 1. The van der Waals surface area contributed by atoms with Crippen molar-refractivity contribution in [3.8, 4) is 0 Å². The van der Waals surface area contributed by atoms with Crippen molar-refractivity contribution in [2.24, 2.45) is 0 Å². The molecule has 1 atom stereocenters. The predicted molar refractivity (Wildman–Crippen MR) is 96.6 cm³/mol. The van der Waals surface area contributed by atoms with E-state index in [0.29, 0.717) is 39.0 Å². The minimum absolute atomic E-state index is 0. The minimum atomic E-state index is -4.36. The molecule has 1 aliphatic heterocycles. The lowest BCUT2D eigenvalue weighted by Gasteiger charge is -2.36. The normalized spacial score (nSPS) is 20.8. The standard InChI is InChI=1S/C18H24F3N3O.ClH/c1-13-3-2-4-14(11-13)17(5-6-17)16(25)23-12-15(18(19,20)21)24-9-7-22-8-10-24;/h2-4,11,15,22H,5-10,12H2,1H3,(H,23,25);1H. The number of alkyl halides is 3. The Bertz CT molecular complexity index is 628. The molecule has 0 bridgehead atoms. The van der Waals surface area contributed by atoms with Gasteiger partial charge in [-0.2, -0.15) is 13.2 Å². The number of carbonyl (C=O) groups is 1. The molecular weight excluding hydrogens is 367 g/mol. The number of benzene rings is 1. The van der Waals surface area contributed by atoms with Crippen LogP contribution in [0.2, 0.25) is 0 Å². The Labute approximate surface area is 157 Å². The lowest BCUT2D eigenvalue weighted by Crippen LogP contribution is -2.58. The summed E-state index contributed by atoms with van der Waals surface area (Å²) >= 11 is 0. The molecule has 26 heavy (non-hydrogen) atoms. The monoisotopic (exact) mass is 391 g/mol. The van der Waals surface area contributed by atoms with E-state index in [-0.39, 0.29) is 18.3 Å². The van der Waals surface area contributed by atoms with Crippen LogP contribution < -0.4 is 10.6 Å². The summed E-state index contributed by atoms with van der Waals surface area (Å²) in [7, 11) is 0. The van der Waals surface area contributed by atoms with Crippen molar-refractivity contribution in [2.45, 2.75) is 37.4 Å². The Kier molecular flexibility index (Phi) is 6.58. The van der Waals surface area contributed by atoms with Crippen LogP contribution in [0.3, 0.4) is 0 Å². The van der Waals surface area contributed by atoms with E-state index in [1.54, 1.807) is 0 Å². The van der Waals surface area contributed by atoms with Gasteiger partial charge in [-0.3, -0.25) is 9.69 Å². The lowest BCUT2D eigenvalue weighted by molar-refractivity contribution is -0.184. The van der Waals surface area contributed by atoms with Gasteiger partial charge in [-0.1, -0.05) is 29.8 Å². The molecule has 4 nitrogen and oxygen atoms in total. The van der Waals surface area contributed by atoms with Gasteiger partial charge < -0.3 is 10.6 Å². The average Bonchev–Trinajstić information content (AvgIpc) is 3.36. The number of carbonyl (C=O) groups excluding carboxylic acids is 1. The maximum atomic E-state index is 13.4. The number of halogens is 4. The highest BCUT2D eigenvalue weighted by molar-refractivity contribution is 5.91. The van der Waals surface area contributed by atoms with Crippen molar-refractivity contribution in [1.82, 2.24) is 15.5 Å². The van der Waals surface area contributed by atoms with Gasteiger partial charge in [0.05, 0.1) is 5.41 Å². The summed E-state index contributed by atoms with van der Waals surface area (Å²) in [4.78, 5) is 14.0. The van der Waals surface area contributed by atoms with Gasteiger partial charge in [0.1, 0.15) is 6.04 Å². The van der Waals surface area contributed by atoms with Crippen LogP contribution in [-0.2, 0) is 10.2 Å². The van der Waals surface area contributed by atoms with Gasteiger partial charge in [0, 0.05) is 32.7 Å². The van der Waals surface area contributed by atoms with Gasteiger partial charge in [0.25, 0.3) is 0 Å². The van der Waals surface area contributed by atoms with Crippen molar-refractivity contribution in [1.29, 1.82) is 0 Å². The fourth-order valence-corrected chi connectivity index (χ4v) is 3.52. The number of piperazine rings is 1. The molecular formula is C18H25ClF3N3O. The zero-order chi connectivity index (χ0) is 18.1. The zero-order valence-corrected chi connectivity index (χ0v) is 15.6. The molecule has 0 radical (unpaired) electrons. The van der Waals surface area contributed by atoms with Crippen LogP contribution >= 0.6 is 12.4 Å². The average molecular weight is 392 g/mol. The van der Waals surface area contributed by atoms with E-state index in [2.05, 4.69) is 10.6 Å². The van der Waals surface area contributed by atoms with Gasteiger partial charge >= 0.3 is 6.18 Å². The van der Waals surface area contributed by atoms with Crippen LogP contribution in [-0.4, -0.2) is 55.7 Å². The van der Waals surface area contributed by atoms with E-state index < -0.39 is 24.2 Å². The molecule has 1 aliphatic carbocycles. The largest absolute Gasteiger partial charge is 0.405 e. The molecule has 1 saturated carbocycles. The van der Waals surface area contributed by atoms with Gasteiger partial charge in [0.2, 0.25) is 5.91 Å². The summed E-state index contributed by atoms with van der Waals surface area (Å²) in [5.41, 5.74) is 1.30. The summed E-state index contributed by atoms with van der Waals surface area (Å²) in [5, 5.41) is 5.64. The number of hydrogen-bond acceptors (Lipinski definition) is 3. The SMILES string of the molecule is Cc1cccc(C2(C(=O)NCC(N3CCNCC3)C(F)(F)F)CC2)c1.Cl. The quantitative estimate of drug-likeness (QED) is 0.810. The van der Waals surface area contributed by atoms with Crippen molar-refractivity contribution in [3.63, 3.8) is 0 Å². The highest BCUT2D eigenvalue weighted by Gasteiger charge is 2.52. The number of rotatable bonds is 5. The fourth-order valence-electron chi connectivity index (χ4n) is 3.52. The third-order valence-electron chi connectivity index (χ3n) is 5.18. The number of hydrogen-bond donors (Lipinski definition) is 2. The second-order valence-corrected chi connectivity index (χ2v) is 7.00. The molecule has 1 heterocycles. The molecule has 2 fully saturated rings. The lowest BCUT2D eigenvalue weighted by atomic mass is 9.93. The van der Waals surface area contributed by atoms with Crippen LogP contribution in [0.4, 0.5) is 13.2 Å². The number of nitrogens with zero attached hydrogens (tertiary/aromatic N) is 1. The molecule has 1 unspecified atom stereocenters. The van der Waals surface area contributed by atoms with Crippen LogP contribution in [0.1, 0.15) is 24.0 Å². The molecule has 1 aromatic carbocycles. The van der Waals surface area contributed by atoms with E-state index in [4.69, 9.17) is 0 Å². The summed E-state index contributed by atoms with van der Waals surface area (Å²) in [6.45, 7) is 3.30. The number of amides is 1. The van der Waals surface area contributed by atoms with Gasteiger partial charge in [-0.05, 0) is 25.3 Å². The molecule has 0 spiro atoms. The number of nitrogens with one attached hydrogen (secondary N) is 2. The van der Waals surface area contributed by atoms with E-state index in [9.17, 15) is 18.0 Å². The third kappa shape index (κ3) is 4.50. The molecule has 146 valence electrons. The van der Waals surface area contributed by atoms with Gasteiger partial charge in [-0.15, -0.1) is 12.4 Å². The Hall–Kier alpha value is -1.31. The Morgan fingerprint density at radius 2 is 1.96 bits per heavy atom. The minimum Gasteiger partial charge on any atom is -0.353 e. The Balaban J connectivity index is 0.00000243. The maximum Gasteiger partial charge on any atom is 0.405 e. The van der Waals surface area contributed by atoms with Crippen LogP contribution in [0, 0.1) is 6.92 Å². The van der Waals surface area contributed by atoms with Crippen molar-refractivity contribution < 1.29 is 18.0 Å². The predicted octanol–water partition coefficient (Wildman–Crippen LogP) is 2.40. The van der Waals surface area contributed by atoms with Crippen LogP contribution in [0.15, 0.2) is 24.3 Å². The van der Waals surface area contributed by atoms with E-state index >= 15 is 0 Å². The molecule has 3 rings (SSSR count). The zero-order valence-electron chi connectivity index (χ0n) is 14.7. The molecule has 2 N–H and O–H groups in total. The van der Waals surface area contributed by atoms with Gasteiger partial charge in [0.15, 0.2) is 0 Å². The first-order valence-electron chi connectivity index (χ1n) is 8.70. The van der Waals surface area contributed by atoms with E-state index in [0.717, 1.165) is 11.1 Å². The van der Waals surface area contributed by atoms with Crippen LogP contribution in [0.25, 0.3) is 0 Å². The highest BCUT2D eigenvalue weighted by Crippen LogP contribution is 2.48. The van der Waals surface area contributed by atoms with Crippen molar-refractivity contribution >= 4 is 18.3 Å². The molecule has 1 amide bonds. The van der Waals surface area contributed by atoms with Crippen LogP contribution in [0.5, 0.6) is 0 Å². The topological polar surface area (TPSA) is 44.4 Å². The first kappa shape index (κ1) is 21.0. The molecule has 0 aromatic heterocycles. The Morgan fingerprint density at radius 3 is 2.50 bits per heavy atom. The second-order valence-electron chi connectivity index (χ2n) is 7.00. The maximum absolute atomic E-state index is 13.4. The van der Waals surface area contributed by atoms with E-state index in [1.165, 1.54) is 4.90 Å². The molecule has 2 aliphatic rings. The summed E-state index contributed by atoms with van der Waals surface area (Å²) in [6, 6.07) is 6.03. The third-order valence-corrected chi connectivity index (χ3v) is 5.18. The first-order chi connectivity index (χ1) is 11.8. The van der Waals surface area contributed by atoms with E-state index in [1.807, 2.05) is 31.2 Å². The second kappa shape index (κ2) is 8.15. The molecule has 1 saturated heterocycles. The molecule has 8 heteroatoms. The smallest absolute Gasteiger partial charge is 0.353 e. The summed E-state index contributed by atoms with van der Waals surface area (Å²) in [5.74, 6) is -0.289. The first-order valence-corrected chi connectivity index (χ1v) is 8.70. The van der Waals surface area contributed by atoms with Crippen molar-refractivity contribution in [3.05, 3.63) is 35.4 Å². The van der Waals surface area contributed by atoms with Gasteiger partial charge in [-0.25, -0.2) is 0 Å². The Morgan fingerprint density at radius 1 is 1.31 bits per heavy atom. The highest BCUT2D eigenvalue weighted by atomic mass is 35.5. The summed E-state index contributed by atoms with van der Waals surface area (Å²) in [6.07, 6.45) is -2.98. The molecule has 1 aromatic rings. The fraction of sp³-hybridized carbons (Fsp3) is 0.611.